The van der Waals surface area contributed by atoms with Crippen molar-refractivity contribution in [3.05, 3.63) is 58.6 Å². The lowest BCUT2D eigenvalue weighted by molar-refractivity contribution is -0.134. The molecule has 0 spiro atoms. The third-order valence-corrected chi connectivity index (χ3v) is 5.64. The highest BCUT2D eigenvalue weighted by atomic mass is 35.5. The average molecular weight is 387 g/mol. The van der Waals surface area contributed by atoms with Crippen molar-refractivity contribution in [2.75, 3.05) is 33.0 Å². The van der Waals surface area contributed by atoms with E-state index in [9.17, 15) is 4.79 Å². The van der Waals surface area contributed by atoms with Crippen LogP contribution in [0, 0.1) is 0 Å². The molecule has 0 saturated carbocycles. The third kappa shape index (κ3) is 3.89. The quantitative estimate of drug-likeness (QED) is 0.806. The summed E-state index contributed by atoms with van der Waals surface area (Å²) in [5, 5.41) is 0.690. The molecule has 5 nitrogen and oxygen atoms in total. The Hall–Kier alpha value is -2.24. The Kier molecular flexibility index (Phi) is 5.23. The van der Waals surface area contributed by atoms with Crippen molar-refractivity contribution in [1.29, 1.82) is 0 Å². The number of hydrogen-bond acceptors (Lipinski definition) is 4. The summed E-state index contributed by atoms with van der Waals surface area (Å²) in [5.74, 6) is 1.54. The van der Waals surface area contributed by atoms with E-state index in [0.717, 1.165) is 49.6 Å². The van der Waals surface area contributed by atoms with Crippen LogP contribution < -0.4 is 9.47 Å². The smallest absolute Gasteiger partial charge is 0.231 e. The summed E-state index contributed by atoms with van der Waals surface area (Å²) in [6, 6.07) is 13.7. The maximum Gasteiger partial charge on any atom is 0.231 e. The fourth-order valence-electron chi connectivity index (χ4n) is 3.61. The molecule has 4 rings (SSSR count). The molecule has 27 heavy (non-hydrogen) atoms. The van der Waals surface area contributed by atoms with Crippen LogP contribution >= 0.6 is 11.6 Å². The number of benzene rings is 2. The largest absolute Gasteiger partial charge is 0.454 e. The summed E-state index contributed by atoms with van der Waals surface area (Å²) < 4.78 is 10.8. The minimum Gasteiger partial charge on any atom is -0.454 e. The van der Waals surface area contributed by atoms with Gasteiger partial charge in [-0.3, -0.25) is 9.69 Å². The number of nitrogens with zero attached hydrogens (tertiary/aromatic N) is 2. The molecule has 0 aliphatic carbocycles. The number of piperazine rings is 1. The molecule has 2 aromatic rings. The zero-order valence-electron chi connectivity index (χ0n) is 15.4. The van der Waals surface area contributed by atoms with E-state index in [1.54, 1.807) is 0 Å². The molecule has 0 aromatic heterocycles. The Balaban J connectivity index is 1.35. The van der Waals surface area contributed by atoms with Crippen LogP contribution in [0.15, 0.2) is 42.5 Å². The van der Waals surface area contributed by atoms with Gasteiger partial charge < -0.3 is 14.4 Å². The molecule has 1 unspecified atom stereocenters. The highest BCUT2D eigenvalue weighted by Gasteiger charge is 2.26. The molecule has 2 aromatic carbocycles. The first-order valence-corrected chi connectivity index (χ1v) is 9.64. The highest BCUT2D eigenvalue weighted by Crippen LogP contribution is 2.37. The first-order valence-electron chi connectivity index (χ1n) is 9.26. The van der Waals surface area contributed by atoms with E-state index in [2.05, 4.69) is 4.90 Å². The van der Waals surface area contributed by atoms with Gasteiger partial charge in [0.1, 0.15) is 0 Å². The van der Waals surface area contributed by atoms with E-state index in [0.29, 0.717) is 10.8 Å². The number of fused-ring (bicyclic) bond motifs is 1. The monoisotopic (exact) mass is 386 g/mol. The summed E-state index contributed by atoms with van der Waals surface area (Å²) in [5.41, 5.74) is 2.09. The molecular weight excluding hydrogens is 364 g/mol. The minimum absolute atomic E-state index is 0.110. The van der Waals surface area contributed by atoms with Crippen molar-refractivity contribution < 1.29 is 14.3 Å². The Morgan fingerprint density at radius 3 is 2.44 bits per heavy atom. The average Bonchev–Trinajstić information content (AvgIpc) is 3.15. The molecule has 2 heterocycles. The van der Waals surface area contributed by atoms with E-state index < -0.39 is 0 Å². The summed E-state index contributed by atoms with van der Waals surface area (Å²) in [6.07, 6.45) is 0. The summed E-state index contributed by atoms with van der Waals surface area (Å²) >= 11 is 6.39. The van der Waals surface area contributed by atoms with E-state index in [1.807, 2.05) is 54.3 Å². The van der Waals surface area contributed by atoms with Crippen molar-refractivity contribution in [2.45, 2.75) is 19.4 Å². The summed E-state index contributed by atoms with van der Waals surface area (Å²) in [4.78, 5) is 17.1. The minimum atomic E-state index is -0.110. The fraction of sp³-hybridized carbons (Fsp3) is 0.381. The predicted molar refractivity (Wildman–Crippen MR) is 104 cm³/mol. The Bertz CT molecular complexity index is 820. The number of amides is 1. The number of rotatable bonds is 4. The van der Waals surface area contributed by atoms with Crippen molar-refractivity contribution >= 4 is 17.5 Å². The SMILES string of the molecule is CC(C(=O)N1CCN(Cc2cc3c(cc2Cl)OCO3)CC1)c1ccccc1. The van der Waals surface area contributed by atoms with Crippen LogP contribution in [0.2, 0.25) is 5.02 Å². The molecule has 0 radical (unpaired) electrons. The van der Waals surface area contributed by atoms with Crippen molar-refractivity contribution in [2.24, 2.45) is 0 Å². The lowest BCUT2D eigenvalue weighted by Gasteiger charge is -2.36. The van der Waals surface area contributed by atoms with E-state index >= 15 is 0 Å². The Morgan fingerprint density at radius 2 is 1.74 bits per heavy atom. The van der Waals surface area contributed by atoms with Crippen LogP contribution in [0.1, 0.15) is 24.0 Å². The van der Waals surface area contributed by atoms with Gasteiger partial charge in [0.15, 0.2) is 11.5 Å². The first kappa shape index (κ1) is 18.1. The predicted octanol–water partition coefficient (Wildman–Crippen LogP) is 3.52. The van der Waals surface area contributed by atoms with Crippen LogP contribution in [0.3, 0.4) is 0 Å². The topological polar surface area (TPSA) is 42.0 Å². The van der Waals surface area contributed by atoms with Crippen molar-refractivity contribution in [3.63, 3.8) is 0 Å². The highest BCUT2D eigenvalue weighted by molar-refractivity contribution is 6.31. The van der Waals surface area contributed by atoms with E-state index in [4.69, 9.17) is 21.1 Å². The zero-order valence-corrected chi connectivity index (χ0v) is 16.1. The molecule has 6 heteroatoms. The molecule has 142 valence electrons. The second kappa shape index (κ2) is 7.79. The Morgan fingerprint density at radius 1 is 1.07 bits per heavy atom. The van der Waals surface area contributed by atoms with E-state index in [-0.39, 0.29) is 18.6 Å². The summed E-state index contributed by atoms with van der Waals surface area (Å²) in [7, 11) is 0. The molecule has 1 amide bonds. The van der Waals surface area contributed by atoms with Crippen LogP contribution in [0.4, 0.5) is 0 Å². The first-order chi connectivity index (χ1) is 13.1. The number of ether oxygens (including phenoxy) is 2. The molecule has 2 aliphatic heterocycles. The van der Waals surface area contributed by atoms with Gasteiger partial charge >= 0.3 is 0 Å². The third-order valence-electron chi connectivity index (χ3n) is 5.29. The normalized spacial score (nSPS) is 17.8. The standard InChI is InChI=1S/C21H23ClN2O3/c1-15(16-5-3-2-4-6-16)21(25)24-9-7-23(8-10-24)13-17-11-19-20(12-18(17)22)27-14-26-19/h2-6,11-12,15H,7-10,13-14H2,1H3. The van der Waals surface area contributed by atoms with Crippen LogP contribution in [0.25, 0.3) is 0 Å². The maximum atomic E-state index is 12.8. The summed E-state index contributed by atoms with van der Waals surface area (Å²) in [6.45, 7) is 6.10. The molecule has 0 N–H and O–H groups in total. The number of halogens is 1. The van der Waals surface area contributed by atoms with Crippen molar-refractivity contribution in [1.82, 2.24) is 9.80 Å². The molecule has 2 aliphatic rings. The van der Waals surface area contributed by atoms with Gasteiger partial charge in [0.2, 0.25) is 12.7 Å². The zero-order chi connectivity index (χ0) is 18.8. The van der Waals surface area contributed by atoms with Gasteiger partial charge in [-0.15, -0.1) is 0 Å². The van der Waals surface area contributed by atoms with Gasteiger partial charge in [0.25, 0.3) is 0 Å². The Labute approximate surface area is 164 Å². The molecule has 1 saturated heterocycles. The molecular formula is C21H23ClN2O3. The van der Waals surface area contributed by atoms with Gasteiger partial charge in [-0.2, -0.15) is 0 Å². The lowest BCUT2D eigenvalue weighted by atomic mass is 9.99. The van der Waals surface area contributed by atoms with Gasteiger partial charge in [-0.05, 0) is 24.1 Å². The second-order valence-corrected chi connectivity index (χ2v) is 7.44. The van der Waals surface area contributed by atoms with Crippen LogP contribution in [0.5, 0.6) is 11.5 Å². The van der Waals surface area contributed by atoms with Crippen molar-refractivity contribution in [3.8, 4) is 11.5 Å². The molecule has 1 atom stereocenters. The van der Waals surface area contributed by atoms with Gasteiger partial charge in [0.05, 0.1) is 5.92 Å². The van der Waals surface area contributed by atoms with Gasteiger partial charge in [-0.25, -0.2) is 0 Å². The number of carbonyl (C=O) groups is 1. The van der Waals surface area contributed by atoms with Crippen LogP contribution in [-0.4, -0.2) is 48.7 Å². The number of hydrogen-bond donors (Lipinski definition) is 0. The van der Waals surface area contributed by atoms with Gasteiger partial charge in [-0.1, -0.05) is 41.9 Å². The van der Waals surface area contributed by atoms with Crippen LogP contribution in [-0.2, 0) is 11.3 Å². The number of carbonyl (C=O) groups excluding carboxylic acids is 1. The van der Waals surface area contributed by atoms with E-state index in [1.165, 1.54) is 0 Å². The lowest BCUT2D eigenvalue weighted by Crippen LogP contribution is -2.49. The fourth-order valence-corrected chi connectivity index (χ4v) is 3.82. The second-order valence-electron chi connectivity index (χ2n) is 7.03. The maximum absolute atomic E-state index is 12.8. The molecule has 0 bridgehead atoms. The molecule has 1 fully saturated rings. The van der Waals surface area contributed by atoms with Gasteiger partial charge in [0, 0.05) is 43.8 Å².